The summed E-state index contributed by atoms with van der Waals surface area (Å²) in [7, 11) is 0. The molecule has 0 fully saturated rings. The van der Waals surface area contributed by atoms with E-state index in [1.54, 1.807) is 6.92 Å². The number of nitrogens with one attached hydrogen (secondary N) is 1. The number of nitrogens with zero attached hydrogens (tertiary/aromatic N) is 2. The summed E-state index contributed by atoms with van der Waals surface area (Å²) in [5.41, 5.74) is -0.366. The number of aromatic carboxylic acids is 1. The van der Waals surface area contributed by atoms with Crippen molar-refractivity contribution in [1.82, 2.24) is 9.97 Å². The molecule has 0 spiro atoms. The number of rotatable bonds is 3. The standard InChI is InChI=1S/C8H9N3O3.Na/c1-2-5(12)11-7-6(8(13)14)9-3-4-10-7;/h3-4H,2H2,1H3,(H,13,14)(H,10,11,12);/q;+1/p-1. The van der Waals surface area contributed by atoms with E-state index in [-0.39, 0.29) is 53.4 Å². The van der Waals surface area contributed by atoms with E-state index >= 15 is 0 Å². The van der Waals surface area contributed by atoms with Crippen molar-refractivity contribution in [2.24, 2.45) is 0 Å². The molecule has 74 valence electrons. The second-order valence-corrected chi connectivity index (χ2v) is 2.44. The van der Waals surface area contributed by atoms with Crippen LogP contribution in [0.1, 0.15) is 23.8 Å². The number of carboxylic acids is 1. The number of aromatic nitrogens is 2. The van der Waals surface area contributed by atoms with E-state index in [4.69, 9.17) is 0 Å². The van der Waals surface area contributed by atoms with Gasteiger partial charge in [-0.2, -0.15) is 0 Å². The molecule has 1 aromatic heterocycles. The van der Waals surface area contributed by atoms with Crippen molar-refractivity contribution in [2.75, 3.05) is 5.32 Å². The van der Waals surface area contributed by atoms with Gasteiger partial charge in [-0.1, -0.05) is 6.92 Å². The molecule has 0 saturated heterocycles. The quantitative estimate of drug-likeness (QED) is 0.524. The molecule has 0 atom stereocenters. The Kier molecular flexibility index (Phi) is 6.07. The van der Waals surface area contributed by atoms with E-state index in [1.807, 2.05) is 0 Å². The minimum absolute atomic E-state index is 0. The second kappa shape index (κ2) is 6.49. The maximum absolute atomic E-state index is 11.0. The minimum atomic E-state index is -1.47. The first-order valence-electron chi connectivity index (χ1n) is 3.97. The Morgan fingerprint density at radius 3 is 2.53 bits per heavy atom. The predicted octanol–water partition coefficient (Wildman–Crippen LogP) is -3.81. The molecule has 0 aliphatic rings. The van der Waals surface area contributed by atoms with Crippen molar-refractivity contribution in [1.29, 1.82) is 0 Å². The first kappa shape index (κ1) is 14.0. The Morgan fingerprint density at radius 1 is 1.40 bits per heavy atom. The topological polar surface area (TPSA) is 95.0 Å². The zero-order valence-electron chi connectivity index (χ0n) is 8.48. The third-order valence-electron chi connectivity index (χ3n) is 1.47. The van der Waals surface area contributed by atoms with E-state index in [0.29, 0.717) is 0 Å². The summed E-state index contributed by atoms with van der Waals surface area (Å²) in [6, 6.07) is 0. The first-order chi connectivity index (χ1) is 6.65. The Balaban J connectivity index is 0.00000196. The van der Waals surface area contributed by atoms with Gasteiger partial charge in [-0.3, -0.25) is 4.79 Å². The molecular weight excluding hydrogens is 209 g/mol. The van der Waals surface area contributed by atoms with Crippen LogP contribution >= 0.6 is 0 Å². The number of amides is 1. The van der Waals surface area contributed by atoms with E-state index in [2.05, 4.69) is 15.3 Å². The van der Waals surface area contributed by atoms with Crippen molar-refractivity contribution in [3.8, 4) is 0 Å². The van der Waals surface area contributed by atoms with E-state index < -0.39 is 5.97 Å². The van der Waals surface area contributed by atoms with Crippen LogP contribution in [-0.4, -0.2) is 21.8 Å². The van der Waals surface area contributed by atoms with Crippen LogP contribution in [0.4, 0.5) is 5.82 Å². The van der Waals surface area contributed by atoms with Gasteiger partial charge < -0.3 is 15.2 Å². The number of anilines is 1. The van der Waals surface area contributed by atoms with E-state index in [0.717, 1.165) is 0 Å². The van der Waals surface area contributed by atoms with Crippen LogP contribution in [0.3, 0.4) is 0 Å². The van der Waals surface area contributed by atoms with Crippen LogP contribution in [0.15, 0.2) is 12.4 Å². The van der Waals surface area contributed by atoms with E-state index in [1.165, 1.54) is 12.4 Å². The summed E-state index contributed by atoms with van der Waals surface area (Å²) in [5.74, 6) is -1.88. The van der Waals surface area contributed by atoms with Crippen LogP contribution in [0, 0.1) is 0 Å². The zero-order chi connectivity index (χ0) is 10.6. The van der Waals surface area contributed by atoms with Gasteiger partial charge in [0, 0.05) is 18.8 Å². The molecule has 0 aliphatic heterocycles. The number of hydrogen-bond donors (Lipinski definition) is 1. The maximum Gasteiger partial charge on any atom is 1.00 e. The van der Waals surface area contributed by atoms with Crippen molar-refractivity contribution >= 4 is 17.7 Å². The van der Waals surface area contributed by atoms with Crippen molar-refractivity contribution < 1.29 is 44.3 Å². The third-order valence-corrected chi connectivity index (χ3v) is 1.47. The van der Waals surface area contributed by atoms with Crippen molar-refractivity contribution in [3.05, 3.63) is 18.1 Å². The molecule has 1 aromatic rings. The molecule has 0 radical (unpaired) electrons. The molecular formula is C8H8N3NaO3. The predicted molar refractivity (Wildman–Crippen MR) is 45.3 cm³/mol. The summed E-state index contributed by atoms with van der Waals surface area (Å²) in [6.45, 7) is 1.64. The fourth-order valence-electron chi connectivity index (χ4n) is 0.799. The summed E-state index contributed by atoms with van der Waals surface area (Å²) in [6.07, 6.45) is 2.74. The van der Waals surface area contributed by atoms with Gasteiger partial charge in [0.05, 0.1) is 5.97 Å². The molecule has 1 heterocycles. The number of carbonyl (C=O) groups is 2. The molecule has 1 rings (SSSR count). The van der Waals surface area contributed by atoms with Gasteiger partial charge in [0.25, 0.3) is 0 Å². The molecule has 6 nitrogen and oxygen atoms in total. The van der Waals surface area contributed by atoms with Gasteiger partial charge in [-0.05, 0) is 0 Å². The van der Waals surface area contributed by atoms with Gasteiger partial charge in [0.15, 0.2) is 5.82 Å². The number of hydrogen-bond acceptors (Lipinski definition) is 5. The van der Waals surface area contributed by atoms with Gasteiger partial charge in [-0.25, -0.2) is 9.97 Å². The van der Waals surface area contributed by atoms with Gasteiger partial charge in [0.1, 0.15) is 5.69 Å². The summed E-state index contributed by atoms with van der Waals surface area (Å²) < 4.78 is 0. The van der Waals surface area contributed by atoms with Gasteiger partial charge in [0.2, 0.25) is 5.91 Å². The molecule has 0 bridgehead atoms. The minimum Gasteiger partial charge on any atom is -0.543 e. The fourth-order valence-corrected chi connectivity index (χ4v) is 0.799. The smallest absolute Gasteiger partial charge is 0.543 e. The average Bonchev–Trinajstić information content (AvgIpc) is 2.18. The third kappa shape index (κ3) is 3.94. The number of carboxylic acid groups (broad SMARTS) is 1. The number of carbonyl (C=O) groups excluding carboxylic acids is 2. The molecule has 1 amide bonds. The van der Waals surface area contributed by atoms with Crippen molar-refractivity contribution in [2.45, 2.75) is 13.3 Å². The molecule has 7 heteroatoms. The molecule has 0 saturated carbocycles. The Labute approximate surface area is 108 Å². The summed E-state index contributed by atoms with van der Waals surface area (Å²) in [4.78, 5) is 28.7. The van der Waals surface area contributed by atoms with Crippen LogP contribution in [0.2, 0.25) is 0 Å². The Hall–Kier alpha value is -0.980. The SMILES string of the molecule is CCC(=O)Nc1nccnc1C(=O)[O-].[Na+]. The summed E-state index contributed by atoms with van der Waals surface area (Å²) >= 11 is 0. The molecule has 15 heavy (non-hydrogen) atoms. The normalized spacial score (nSPS) is 8.87. The molecule has 0 aliphatic carbocycles. The molecule has 0 aromatic carbocycles. The van der Waals surface area contributed by atoms with E-state index in [9.17, 15) is 14.7 Å². The van der Waals surface area contributed by atoms with Crippen molar-refractivity contribution in [3.63, 3.8) is 0 Å². The molecule has 1 N–H and O–H groups in total. The van der Waals surface area contributed by atoms with Crippen LogP contribution in [0.5, 0.6) is 0 Å². The molecule has 0 unspecified atom stereocenters. The van der Waals surface area contributed by atoms with Gasteiger partial charge in [-0.15, -0.1) is 0 Å². The van der Waals surface area contributed by atoms with Crippen LogP contribution in [-0.2, 0) is 4.79 Å². The Morgan fingerprint density at radius 2 is 2.00 bits per heavy atom. The maximum atomic E-state index is 11.0. The summed E-state index contributed by atoms with van der Waals surface area (Å²) in [5, 5.41) is 12.8. The van der Waals surface area contributed by atoms with Crippen LogP contribution in [0.25, 0.3) is 0 Å². The Bertz CT molecular complexity index is 370. The van der Waals surface area contributed by atoms with Gasteiger partial charge >= 0.3 is 29.6 Å². The average molecular weight is 217 g/mol. The monoisotopic (exact) mass is 217 g/mol. The second-order valence-electron chi connectivity index (χ2n) is 2.44. The zero-order valence-corrected chi connectivity index (χ0v) is 10.5. The first-order valence-corrected chi connectivity index (χ1v) is 3.97. The largest absolute Gasteiger partial charge is 1.00 e. The fraction of sp³-hybridized carbons (Fsp3) is 0.250. The van der Waals surface area contributed by atoms with Crippen LogP contribution < -0.4 is 40.0 Å².